The molecule has 0 bridgehead atoms. The number of carbonyl (C=O) groups excluding carboxylic acids is 1. The van der Waals surface area contributed by atoms with Gasteiger partial charge in [0.1, 0.15) is 11.6 Å². The fraction of sp³-hybridized carbons (Fsp3) is 0.318. The average molecular weight is 414 g/mol. The first-order valence-electron chi connectivity index (χ1n) is 9.44. The molecule has 0 radical (unpaired) electrons. The van der Waals surface area contributed by atoms with Gasteiger partial charge in [-0.2, -0.15) is 0 Å². The summed E-state index contributed by atoms with van der Waals surface area (Å²) in [6, 6.07) is 12.1. The SMILES string of the molecule is CCN(C(=O)Cc1ccc(OC)cc1)C(C)c1nc2cc(Cl)ccc2c(=O)n1C. The molecule has 0 aliphatic heterocycles. The van der Waals surface area contributed by atoms with E-state index in [1.165, 1.54) is 4.57 Å². The van der Waals surface area contributed by atoms with E-state index in [1.54, 1.807) is 37.3 Å². The van der Waals surface area contributed by atoms with Crippen LogP contribution in [0.5, 0.6) is 5.75 Å². The molecule has 6 nitrogen and oxygen atoms in total. The van der Waals surface area contributed by atoms with Crippen molar-refractivity contribution in [3.63, 3.8) is 0 Å². The third-order valence-corrected chi connectivity index (χ3v) is 5.33. The Morgan fingerprint density at radius 2 is 1.93 bits per heavy atom. The summed E-state index contributed by atoms with van der Waals surface area (Å²) in [4.78, 5) is 32.1. The molecule has 2 aromatic carbocycles. The Hall–Kier alpha value is -2.86. The minimum absolute atomic E-state index is 0.0365. The lowest BCUT2D eigenvalue weighted by Gasteiger charge is -2.29. The van der Waals surface area contributed by atoms with Gasteiger partial charge in [0.2, 0.25) is 5.91 Å². The van der Waals surface area contributed by atoms with E-state index in [9.17, 15) is 9.59 Å². The van der Waals surface area contributed by atoms with Crippen LogP contribution in [0.2, 0.25) is 5.02 Å². The smallest absolute Gasteiger partial charge is 0.261 e. The van der Waals surface area contributed by atoms with E-state index in [1.807, 2.05) is 38.1 Å². The van der Waals surface area contributed by atoms with Crippen LogP contribution in [-0.2, 0) is 18.3 Å². The molecule has 0 saturated heterocycles. The molecule has 3 rings (SSSR count). The Labute approximate surface area is 174 Å². The molecule has 0 aliphatic carbocycles. The highest BCUT2D eigenvalue weighted by molar-refractivity contribution is 6.31. The standard InChI is InChI=1S/C22H24ClN3O3/c1-5-26(20(27)12-15-6-9-17(29-4)10-7-15)14(2)21-24-19-13-16(23)8-11-18(19)22(28)25(21)3/h6-11,13-14H,5,12H2,1-4H3. The second-order valence-corrected chi connectivity index (χ2v) is 7.31. The zero-order chi connectivity index (χ0) is 21.1. The van der Waals surface area contributed by atoms with E-state index in [4.69, 9.17) is 16.3 Å². The maximum atomic E-state index is 13.0. The quantitative estimate of drug-likeness (QED) is 0.617. The number of hydrogen-bond donors (Lipinski definition) is 0. The summed E-state index contributed by atoms with van der Waals surface area (Å²) in [6.07, 6.45) is 0.259. The van der Waals surface area contributed by atoms with Gasteiger partial charge in [0.15, 0.2) is 0 Å². The molecule has 1 aromatic heterocycles. The summed E-state index contributed by atoms with van der Waals surface area (Å²) in [6.45, 7) is 4.30. The highest BCUT2D eigenvalue weighted by Gasteiger charge is 2.24. The van der Waals surface area contributed by atoms with Crippen LogP contribution in [0.3, 0.4) is 0 Å². The molecule has 29 heavy (non-hydrogen) atoms. The number of likely N-dealkylation sites (N-methyl/N-ethyl adjacent to an activating group) is 1. The predicted octanol–water partition coefficient (Wildman–Crippen LogP) is 3.75. The molecule has 1 heterocycles. The number of carbonyl (C=O) groups is 1. The van der Waals surface area contributed by atoms with Crippen molar-refractivity contribution in [1.29, 1.82) is 0 Å². The fourth-order valence-corrected chi connectivity index (χ4v) is 3.63. The van der Waals surface area contributed by atoms with Crippen molar-refractivity contribution in [2.75, 3.05) is 13.7 Å². The number of benzene rings is 2. The third-order valence-electron chi connectivity index (χ3n) is 5.09. The number of methoxy groups -OCH3 is 1. The minimum atomic E-state index is -0.369. The summed E-state index contributed by atoms with van der Waals surface area (Å²) in [7, 11) is 3.28. The Morgan fingerprint density at radius 3 is 2.55 bits per heavy atom. The normalized spacial score (nSPS) is 12.0. The lowest BCUT2D eigenvalue weighted by molar-refractivity contribution is -0.132. The third kappa shape index (κ3) is 4.27. The molecule has 152 valence electrons. The molecule has 1 unspecified atom stereocenters. The molecule has 1 atom stereocenters. The summed E-state index contributed by atoms with van der Waals surface area (Å²) in [5.41, 5.74) is 1.27. The zero-order valence-electron chi connectivity index (χ0n) is 17.0. The van der Waals surface area contributed by atoms with Gasteiger partial charge in [-0.25, -0.2) is 4.98 Å². The van der Waals surface area contributed by atoms with Crippen LogP contribution < -0.4 is 10.3 Å². The number of aromatic nitrogens is 2. The second-order valence-electron chi connectivity index (χ2n) is 6.88. The molecular weight excluding hydrogens is 390 g/mol. The van der Waals surface area contributed by atoms with Crippen LogP contribution in [-0.4, -0.2) is 34.0 Å². The van der Waals surface area contributed by atoms with Crippen LogP contribution in [0.4, 0.5) is 0 Å². The minimum Gasteiger partial charge on any atom is -0.497 e. The van der Waals surface area contributed by atoms with Crippen molar-refractivity contribution >= 4 is 28.4 Å². The summed E-state index contributed by atoms with van der Waals surface area (Å²) >= 11 is 6.07. The molecule has 0 fully saturated rings. The zero-order valence-corrected chi connectivity index (χ0v) is 17.7. The molecular formula is C22H24ClN3O3. The van der Waals surface area contributed by atoms with E-state index in [-0.39, 0.29) is 23.9 Å². The van der Waals surface area contributed by atoms with Crippen LogP contribution in [0.15, 0.2) is 47.3 Å². The van der Waals surface area contributed by atoms with Gasteiger partial charge in [0.25, 0.3) is 5.56 Å². The van der Waals surface area contributed by atoms with Gasteiger partial charge in [0, 0.05) is 18.6 Å². The monoisotopic (exact) mass is 413 g/mol. The van der Waals surface area contributed by atoms with Crippen LogP contribution in [0, 0.1) is 0 Å². The largest absolute Gasteiger partial charge is 0.497 e. The van der Waals surface area contributed by atoms with Gasteiger partial charge in [-0.05, 0) is 49.7 Å². The van der Waals surface area contributed by atoms with Crippen molar-refractivity contribution in [2.45, 2.75) is 26.3 Å². The number of ether oxygens (including phenoxy) is 1. The maximum absolute atomic E-state index is 13.0. The number of rotatable bonds is 6. The van der Waals surface area contributed by atoms with Crippen molar-refractivity contribution < 1.29 is 9.53 Å². The molecule has 3 aromatic rings. The number of halogens is 1. The number of hydrogen-bond acceptors (Lipinski definition) is 4. The van der Waals surface area contributed by atoms with Crippen molar-refractivity contribution in [3.05, 3.63) is 69.2 Å². The number of fused-ring (bicyclic) bond motifs is 1. The van der Waals surface area contributed by atoms with Gasteiger partial charge in [-0.3, -0.25) is 14.2 Å². The summed E-state index contributed by atoms with van der Waals surface area (Å²) in [5.74, 6) is 1.23. The van der Waals surface area contributed by atoms with E-state index >= 15 is 0 Å². The van der Waals surface area contributed by atoms with Crippen molar-refractivity contribution in [3.8, 4) is 5.75 Å². The van der Waals surface area contributed by atoms with Crippen LogP contribution in [0.25, 0.3) is 10.9 Å². The molecule has 0 aliphatic rings. The predicted molar refractivity (Wildman–Crippen MR) is 114 cm³/mol. The Bertz CT molecular complexity index is 1090. The molecule has 7 heteroatoms. The van der Waals surface area contributed by atoms with E-state index in [0.29, 0.717) is 28.3 Å². The Kier molecular flexibility index (Phi) is 6.23. The first kappa shape index (κ1) is 20.9. The topological polar surface area (TPSA) is 64.4 Å². The van der Waals surface area contributed by atoms with Gasteiger partial charge >= 0.3 is 0 Å². The Morgan fingerprint density at radius 1 is 1.24 bits per heavy atom. The van der Waals surface area contributed by atoms with Crippen LogP contribution >= 0.6 is 11.6 Å². The van der Waals surface area contributed by atoms with Gasteiger partial charge in [0.05, 0.1) is 30.5 Å². The highest BCUT2D eigenvalue weighted by Crippen LogP contribution is 2.22. The summed E-state index contributed by atoms with van der Waals surface area (Å²) in [5, 5.41) is 1.01. The first-order chi connectivity index (χ1) is 13.8. The first-order valence-corrected chi connectivity index (χ1v) is 9.82. The fourth-order valence-electron chi connectivity index (χ4n) is 3.46. The molecule has 0 saturated carbocycles. The molecule has 0 N–H and O–H groups in total. The highest BCUT2D eigenvalue weighted by atomic mass is 35.5. The summed E-state index contributed by atoms with van der Waals surface area (Å²) < 4.78 is 6.67. The van der Waals surface area contributed by atoms with E-state index in [2.05, 4.69) is 4.98 Å². The van der Waals surface area contributed by atoms with Crippen molar-refractivity contribution in [2.24, 2.45) is 7.05 Å². The van der Waals surface area contributed by atoms with E-state index < -0.39 is 0 Å². The maximum Gasteiger partial charge on any atom is 0.261 e. The lowest BCUT2D eigenvalue weighted by Crippen LogP contribution is -2.37. The van der Waals surface area contributed by atoms with E-state index in [0.717, 1.165) is 11.3 Å². The van der Waals surface area contributed by atoms with Gasteiger partial charge in [-0.15, -0.1) is 0 Å². The second kappa shape index (κ2) is 8.66. The Balaban J connectivity index is 1.91. The average Bonchev–Trinajstić information content (AvgIpc) is 2.71. The number of nitrogens with zero attached hydrogens (tertiary/aromatic N) is 3. The van der Waals surface area contributed by atoms with Gasteiger partial charge in [-0.1, -0.05) is 23.7 Å². The van der Waals surface area contributed by atoms with Crippen LogP contribution in [0.1, 0.15) is 31.3 Å². The number of amides is 1. The molecule has 1 amide bonds. The van der Waals surface area contributed by atoms with Gasteiger partial charge < -0.3 is 9.64 Å². The lowest BCUT2D eigenvalue weighted by atomic mass is 10.1. The van der Waals surface area contributed by atoms with Crippen molar-refractivity contribution in [1.82, 2.24) is 14.5 Å². The molecule has 0 spiro atoms.